The Hall–Kier alpha value is -3.15. The van der Waals surface area contributed by atoms with Crippen molar-refractivity contribution in [3.8, 4) is 11.3 Å². The summed E-state index contributed by atoms with van der Waals surface area (Å²) < 4.78 is 27.3. The number of carbonyl (C=O) groups is 1. The second-order valence-electron chi connectivity index (χ2n) is 4.70. The Morgan fingerprint density at radius 3 is 2.35 bits per heavy atom. The van der Waals surface area contributed by atoms with Crippen LogP contribution in [-0.2, 0) is 0 Å². The number of para-hydroxylation sites is 1. The van der Waals surface area contributed by atoms with Crippen LogP contribution >= 0.6 is 0 Å². The maximum atomic E-state index is 13.7. The number of carbonyl (C=O) groups excluding carboxylic acids is 1. The van der Waals surface area contributed by atoms with Crippen molar-refractivity contribution in [2.75, 3.05) is 5.32 Å². The van der Waals surface area contributed by atoms with E-state index < -0.39 is 23.2 Å². The Bertz CT molecular complexity index is 833. The average Bonchev–Trinajstić information content (AvgIpc) is 2.59. The molecule has 4 nitrogen and oxygen atoms in total. The third-order valence-corrected chi connectivity index (χ3v) is 3.21. The number of rotatable bonds is 3. The van der Waals surface area contributed by atoms with Crippen LogP contribution in [0.4, 0.5) is 14.5 Å². The topological polar surface area (TPSA) is 54.9 Å². The molecule has 0 aliphatic carbocycles. The van der Waals surface area contributed by atoms with Crippen molar-refractivity contribution in [1.29, 1.82) is 0 Å². The summed E-state index contributed by atoms with van der Waals surface area (Å²) in [5.41, 5.74) is 0.714. The van der Waals surface area contributed by atoms with Gasteiger partial charge in [0.1, 0.15) is 23.6 Å². The number of hydrogen-bond acceptors (Lipinski definition) is 3. The fraction of sp³-hybridized carbons (Fsp3) is 0. The quantitative estimate of drug-likeness (QED) is 0.803. The Morgan fingerprint density at radius 2 is 1.65 bits per heavy atom. The summed E-state index contributed by atoms with van der Waals surface area (Å²) in [5, 5.41) is 2.24. The molecule has 0 aliphatic heterocycles. The van der Waals surface area contributed by atoms with Crippen molar-refractivity contribution in [2.45, 2.75) is 0 Å². The van der Waals surface area contributed by atoms with E-state index in [4.69, 9.17) is 0 Å². The predicted octanol–water partition coefficient (Wildman–Crippen LogP) is 3.67. The van der Waals surface area contributed by atoms with Gasteiger partial charge in [0.15, 0.2) is 0 Å². The molecule has 6 heteroatoms. The smallest absolute Gasteiger partial charge is 0.259 e. The number of nitrogens with one attached hydrogen (secondary N) is 1. The monoisotopic (exact) mass is 311 g/mol. The number of benzene rings is 2. The summed E-state index contributed by atoms with van der Waals surface area (Å²) in [5.74, 6) is -2.39. The highest BCUT2D eigenvalue weighted by atomic mass is 19.1. The van der Waals surface area contributed by atoms with Gasteiger partial charge in [-0.2, -0.15) is 0 Å². The van der Waals surface area contributed by atoms with E-state index in [1.54, 1.807) is 24.3 Å². The van der Waals surface area contributed by atoms with Gasteiger partial charge in [-0.3, -0.25) is 4.79 Å². The van der Waals surface area contributed by atoms with Gasteiger partial charge in [0.25, 0.3) is 5.91 Å². The predicted molar refractivity (Wildman–Crippen MR) is 81.8 cm³/mol. The van der Waals surface area contributed by atoms with Gasteiger partial charge in [0.2, 0.25) is 0 Å². The summed E-state index contributed by atoms with van der Waals surface area (Å²) >= 11 is 0. The number of nitrogens with zero attached hydrogens (tertiary/aromatic N) is 2. The molecule has 1 N–H and O–H groups in total. The van der Waals surface area contributed by atoms with Gasteiger partial charge in [-0.15, -0.1) is 0 Å². The summed E-state index contributed by atoms with van der Waals surface area (Å²) in [7, 11) is 0. The van der Waals surface area contributed by atoms with Crippen molar-refractivity contribution in [2.24, 2.45) is 0 Å². The van der Waals surface area contributed by atoms with Gasteiger partial charge < -0.3 is 5.32 Å². The Kier molecular flexibility index (Phi) is 4.05. The molecule has 2 aromatic carbocycles. The van der Waals surface area contributed by atoms with Gasteiger partial charge >= 0.3 is 0 Å². The zero-order valence-corrected chi connectivity index (χ0v) is 11.8. The molecule has 23 heavy (non-hydrogen) atoms. The van der Waals surface area contributed by atoms with Crippen molar-refractivity contribution in [1.82, 2.24) is 9.97 Å². The summed E-state index contributed by atoms with van der Waals surface area (Å²) in [6, 6.07) is 12.4. The van der Waals surface area contributed by atoms with E-state index in [2.05, 4.69) is 15.3 Å². The molecule has 3 aromatic rings. The lowest BCUT2D eigenvalue weighted by molar-refractivity contribution is 0.102. The van der Waals surface area contributed by atoms with Crippen LogP contribution in [0.15, 0.2) is 61.1 Å². The van der Waals surface area contributed by atoms with Gasteiger partial charge in [-0.1, -0.05) is 36.4 Å². The SMILES string of the molecule is O=C(Nc1c(F)cccc1F)c1cncnc1-c1ccccc1. The highest BCUT2D eigenvalue weighted by Crippen LogP contribution is 2.23. The first-order valence-electron chi connectivity index (χ1n) is 6.77. The molecule has 1 heterocycles. The maximum absolute atomic E-state index is 13.7. The van der Waals surface area contributed by atoms with Crippen molar-refractivity contribution >= 4 is 11.6 Å². The average molecular weight is 311 g/mol. The molecule has 0 saturated heterocycles. The van der Waals surface area contributed by atoms with Crippen LogP contribution in [0.1, 0.15) is 10.4 Å². The third kappa shape index (κ3) is 3.06. The lowest BCUT2D eigenvalue weighted by atomic mass is 10.1. The van der Waals surface area contributed by atoms with E-state index in [0.29, 0.717) is 11.3 Å². The third-order valence-electron chi connectivity index (χ3n) is 3.21. The molecule has 0 bridgehead atoms. The molecular weight excluding hydrogens is 300 g/mol. The van der Waals surface area contributed by atoms with Gasteiger partial charge in [-0.25, -0.2) is 18.7 Å². The second kappa shape index (κ2) is 6.31. The minimum Gasteiger partial charge on any atom is -0.317 e. The maximum Gasteiger partial charge on any atom is 0.259 e. The number of hydrogen-bond donors (Lipinski definition) is 1. The summed E-state index contributed by atoms with van der Waals surface area (Å²) in [6.45, 7) is 0. The zero-order chi connectivity index (χ0) is 16.2. The molecule has 0 radical (unpaired) electrons. The Morgan fingerprint density at radius 1 is 0.957 bits per heavy atom. The van der Waals surface area contributed by atoms with Crippen LogP contribution in [0.5, 0.6) is 0 Å². The molecule has 0 atom stereocenters. The van der Waals surface area contributed by atoms with Crippen LogP contribution in [0, 0.1) is 11.6 Å². The van der Waals surface area contributed by atoms with E-state index in [9.17, 15) is 13.6 Å². The molecule has 0 unspecified atom stereocenters. The zero-order valence-electron chi connectivity index (χ0n) is 11.8. The van der Waals surface area contributed by atoms with Crippen LogP contribution in [0.2, 0.25) is 0 Å². The van der Waals surface area contributed by atoms with E-state index >= 15 is 0 Å². The first-order valence-corrected chi connectivity index (χ1v) is 6.77. The number of anilines is 1. The fourth-order valence-electron chi connectivity index (χ4n) is 2.12. The normalized spacial score (nSPS) is 10.3. The highest BCUT2D eigenvalue weighted by molar-refractivity contribution is 6.07. The molecule has 114 valence electrons. The van der Waals surface area contributed by atoms with Crippen molar-refractivity contribution in [3.05, 3.63) is 78.3 Å². The standard InChI is InChI=1S/C17H11F2N3O/c18-13-7-4-8-14(19)16(13)22-17(23)12-9-20-10-21-15(12)11-5-2-1-3-6-11/h1-10H,(H,22,23). The first-order chi connectivity index (χ1) is 11.2. The molecular formula is C17H11F2N3O. The van der Waals surface area contributed by atoms with E-state index in [1.165, 1.54) is 18.6 Å². The lowest BCUT2D eigenvalue weighted by Crippen LogP contribution is -2.16. The number of halogens is 2. The molecule has 1 amide bonds. The van der Waals surface area contributed by atoms with E-state index in [-0.39, 0.29) is 5.56 Å². The Balaban J connectivity index is 1.98. The molecule has 3 rings (SSSR count). The first kappa shape index (κ1) is 14.8. The molecule has 1 aromatic heterocycles. The second-order valence-corrected chi connectivity index (χ2v) is 4.70. The molecule has 0 saturated carbocycles. The van der Waals surface area contributed by atoms with E-state index in [0.717, 1.165) is 12.1 Å². The van der Waals surface area contributed by atoms with Crippen molar-refractivity contribution < 1.29 is 13.6 Å². The van der Waals surface area contributed by atoms with E-state index in [1.807, 2.05) is 6.07 Å². The molecule has 0 aliphatic rings. The Labute approximate surface area is 130 Å². The van der Waals surface area contributed by atoms with Crippen molar-refractivity contribution in [3.63, 3.8) is 0 Å². The minimum absolute atomic E-state index is 0.126. The number of aromatic nitrogens is 2. The van der Waals surface area contributed by atoms with Gasteiger partial charge in [0, 0.05) is 11.8 Å². The van der Waals surface area contributed by atoms with Crippen LogP contribution in [-0.4, -0.2) is 15.9 Å². The summed E-state index contributed by atoms with van der Waals surface area (Å²) in [4.78, 5) is 20.3. The largest absolute Gasteiger partial charge is 0.317 e. The van der Waals surface area contributed by atoms with Crippen LogP contribution in [0.25, 0.3) is 11.3 Å². The fourth-order valence-corrected chi connectivity index (χ4v) is 2.12. The number of amides is 1. The van der Waals surface area contributed by atoms with Crippen LogP contribution < -0.4 is 5.32 Å². The summed E-state index contributed by atoms with van der Waals surface area (Å²) in [6.07, 6.45) is 2.62. The van der Waals surface area contributed by atoms with Gasteiger partial charge in [0.05, 0.1) is 11.3 Å². The lowest BCUT2D eigenvalue weighted by Gasteiger charge is -2.10. The molecule has 0 spiro atoms. The van der Waals surface area contributed by atoms with Gasteiger partial charge in [-0.05, 0) is 12.1 Å². The highest BCUT2D eigenvalue weighted by Gasteiger charge is 2.18. The molecule has 0 fully saturated rings. The minimum atomic E-state index is -0.850. The van der Waals surface area contributed by atoms with Crippen LogP contribution in [0.3, 0.4) is 0 Å².